The number of nitrogens with two attached hydrogens (primary N) is 1. The molecule has 4 nitrogen and oxygen atoms in total. The molecule has 0 aliphatic heterocycles. The first-order valence-electron chi connectivity index (χ1n) is 4.92. The van der Waals surface area contributed by atoms with E-state index in [0.717, 1.165) is 17.8 Å². The van der Waals surface area contributed by atoms with E-state index in [1.54, 1.807) is 4.68 Å². The number of benzene rings is 1. The van der Waals surface area contributed by atoms with E-state index in [0.29, 0.717) is 6.54 Å². The lowest BCUT2D eigenvalue weighted by Gasteiger charge is -2.03. The lowest BCUT2D eigenvalue weighted by atomic mass is 10.1. The number of aromatic nitrogens is 3. The predicted molar refractivity (Wildman–Crippen MR) is 58.1 cm³/mol. The third-order valence-electron chi connectivity index (χ3n) is 2.43. The van der Waals surface area contributed by atoms with E-state index >= 15 is 0 Å². The number of hydrogen-bond acceptors (Lipinski definition) is 3. The molecule has 78 valence electrons. The van der Waals surface area contributed by atoms with Gasteiger partial charge in [-0.3, -0.25) is 4.68 Å². The fraction of sp³-hybridized carbons (Fsp3) is 0.273. The van der Waals surface area contributed by atoms with Gasteiger partial charge in [0.2, 0.25) is 0 Å². The summed E-state index contributed by atoms with van der Waals surface area (Å²) in [4.78, 5) is 0. The highest BCUT2D eigenvalue weighted by molar-refractivity contribution is 5.23. The summed E-state index contributed by atoms with van der Waals surface area (Å²) in [6, 6.07) is 10.2. The minimum absolute atomic E-state index is 0.440. The maximum Gasteiger partial charge on any atom is 0.0997 e. The zero-order valence-electron chi connectivity index (χ0n) is 8.72. The maximum absolute atomic E-state index is 5.60. The highest BCUT2D eigenvalue weighted by Gasteiger charge is 2.08. The highest BCUT2D eigenvalue weighted by Crippen LogP contribution is 2.10. The quantitative estimate of drug-likeness (QED) is 0.803. The van der Waals surface area contributed by atoms with Gasteiger partial charge in [0.15, 0.2) is 0 Å². The van der Waals surface area contributed by atoms with Gasteiger partial charge in [0.05, 0.1) is 11.4 Å². The first-order valence-corrected chi connectivity index (χ1v) is 4.92. The van der Waals surface area contributed by atoms with Gasteiger partial charge in [-0.05, 0) is 5.56 Å². The Labute approximate surface area is 88.7 Å². The molecule has 0 atom stereocenters. The van der Waals surface area contributed by atoms with Gasteiger partial charge < -0.3 is 5.73 Å². The molecule has 15 heavy (non-hydrogen) atoms. The fourth-order valence-corrected chi connectivity index (χ4v) is 1.58. The molecule has 0 aliphatic carbocycles. The van der Waals surface area contributed by atoms with Crippen molar-refractivity contribution < 1.29 is 0 Å². The second kappa shape index (κ2) is 4.23. The summed E-state index contributed by atoms with van der Waals surface area (Å²) in [5, 5.41) is 7.99. The van der Waals surface area contributed by atoms with Crippen LogP contribution in [0.25, 0.3) is 0 Å². The summed E-state index contributed by atoms with van der Waals surface area (Å²) in [6.07, 6.45) is 0.830. The summed E-state index contributed by atoms with van der Waals surface area (Å²) in [5.74, 6) is 0. The fourth-order valence-electron chi connectivity index (χ4n) is 1.58. The average Bonchev–Trinajstić information content (AvgIpc) is 2.62. The van der Waals surface area contributed by atoms with Crippen LogP contribution in [0.5, 0.6) is 0 Å². The van der Waals surface area contributed by atoms with E-state index in [4.69, 9.17) is 5.73 Å². The Hall–Kier alpha value is -1.68. The Morgan fingerprint density at radius 3 is 2.67 bits per heavy atom. The van der Waals surface area contributed by atoms with Crippen molar-refractivity contribution in [3.8, 4) is 0 Å². The summed E-state index contributed by atoms with van der Waals surface area (Å²) in [7, 11) is 1.89. The molecule has 0 saturated heterocycles. The zero-order chi connectivity index (χ0) is 10.7. The zero-order valence-corrected chi connectivity index (χ0v) is 8.72. The van der Waals surface area contributed by atoms with Crippen LogP contribution in [0.15, 0.2) is 30.3 Å². The molecule has 0 saturated carbocycles. The average molecular weight is 202 g/mol. The molecular formula is C11H14N4. The Bertz CT molecular complexity index is 433. The third kappa shape index (κ3) is 2.05. The van der Waals surface area contributed by atoms with E-state index in [2.05, 4.69) is 22.4 Å². The van der Waals surface area contributed by atoms with Crippen LogP contribution in [-0.2, 0) is 20.0 Å². The van der Waals surface area contributed by atoms with E-state index in [-0.39, 0.29) is 0 Å². The molecule has 2 aromatic rings. The predicted octanol–water partition coefficient (Wildman–Crippen LogP) is 0.865. The standard InChI is InChI=1S/C11H14N4/c1-15-11(10(8-12)13-14-15)7-9-5-3-2-4-6-9/h2-6H,7-8,12H2,1H3. The molecule has 4 heteroatoms. The Morgan fingerprint density at radius 1 is 1.27 bits per heavy atom. The summed E-state index contributed by atoms with van der Waals surface area (Å²) in [5.41, 5.74) is 8.81. The molecule has 0 bridgehead atoms. The van der Waals surface area contributed by atoms with Crippen molar-refractivity contribution in [2.45, 2.75) is 13.0 Å². The molecule has 2 N–H and O–H groups in total. The molecule has 0 aliphatic rings. The molecule has 1 heterocycles. The topological polar surface area (TPSA) is 56.7 Å². The van der Waals surface area contributed by atoms with Crippen LogP contribution >= 0.6 is 0 Å². The molecule has 1 aromatic carbocycles. The summed E-state index contributed by atoms with van der Waals surface area (Å²) >= 11 is 0. The first kappa shape index (κ1) is 9.86. The SMILES string of the molecule is Cn1nnc(CN)c1Cc1ccccc1. The smallest absolute Gasteiger partial charge is 0.0997 e. The minimum atomic E-state index is 0.440. The van der Waals surface area contributed by atoms with Gasteiger partial charge in [-0.25, -0.2) is 0 Å². The molecule has 0 spiro atoms. The van der Waals surface area contributed by atoms with Gasteiger partial charge in [0, 0.05) is 20.0 Å². The molecule has 0 fully saturated rings. The summed E-state index contributed by atoms with van der Waals surface area (Å²) < 4.78 is 1.79. The van der Waals surface area contributed by atoms with Crippen LogP contribution in [0.3, 0.4) is 0 Å². The van der Waals surface area contributed by atoms with E-state index < -0.39 is 0 Å². The first-order chi connectivity index (χ1) is 7.31. The van der Waals surface area contributed by atoms with Gasteiger partial charge in [0.25, 0.3) is 0 Å². The van der Waals surface area contributed by atoms with Crippen molar-refractivity contribution in [3.05, 3.63) is 47.3 Å². The molecule has 0 radical (unpaired) electrons. The van der Waals surface area contributed by atoms with E-state index in [1.165, 1.54) is 5.56 Å². The third-order valence-corrected chi connectivity index (χ3v) is 2.43. The van der Waals surface area contributed by atoms with Gasteiger partial charge in [-0.15, -0.1) is 5.10 Å². The van der Waals surface area contributed by atoms with Crippen molar-refractivity contribution in [1.29, 1.82) is 0 Å². The molecule has 0 amide bonds. The Morgan fingerprint density at radius 2 is 2.00 bits per heavy atom. The number of rotatable bonds is 3. The van der Waals surface area contributed by atoms with Crippen molar-refractivity contribution in [3.63, 3.8) is 0 Å². The second-order valence-electron chi connectivity index (χ2n) is 3.47. The Kier molecular flexibility index (Phi) is 2.78. The van der Waals surface area contributed by atoms with Crippen molar-refractivity contribution >= 4 is 0 Å². The van der Waals surface area contributed by atoms with Gasteiger partial charge >= 0.3 is 0 Å². The van der Waals surface area contributed by atoms with Crippen LogP contribution in [0.2, 0.25) is 0 Å². The summed E-state index contributed by atoms with van der Waals surface area (Å²) in [6.45, 7) is 0.440. The van der Waals surface area contributed by atoms with E-state index in [1.807, 2.05) is 25.2 Å². The lowest BCUT2D eigenvalue weighted by molar-refractivity contribution is 0.686. The van der Waals surface area contributed by atoms with Gasteiger partial charge in [-0.1, -0.05) is 35.5 Å². The van der Waals surface area contributed by atoms with Gasteiger partial charge in [-0.2, -0.15) is 0 Å². The lowest BCUT2D eigenvalue weighted by Crippen LogP contribution is -2.05. The molecule has 2 rings (SSSR count). The van der Waals surface area contributed by atoms with Crippen LogP contribution in [0.4, 0.5) is 0 Å². The molecule has 1 aromatic heterocycles. The van der Waals surface area contributed by atoms with E-state index in [9.17, 15) is 0 Å². The van der Waals surface area contributed by atoms with Crippen molar-refractivity contribution in [2.24, 2.45) is 12.8 Å². The Balaban J connectivity index is 2.27. The van der Waals surface area contributed by atoms with Crippen molar-refractivity contribution in [2.75, 3.05) is 0 Å². The monoisotopic (exact) mass is 202 g/mol. The number of nitrogens with zero attached hydrogens (tertiary/aromatic N) is 3. The number of hydrogen-bond donors (Lipinski definition) is 1. The molecule has 0 unspecified atom stereocenters. The van der Waals surface area contributed by atoms with Crippen molar-refractivity contribution in [1.82, 2.24) is 15.0 Å². The highest BCUT2D eigenvalue weighted by atomic mass is 15.4. The van der Waals surface area contributed by atoms with Crippen LogP contribution in [0, 0.1) is 0 Å². The van der Waals surface area contributed by atoms with Crippen LogP contribution in [-0.4, -0.2) is 15.0 Å². The maximum atomic E-state index is 5.60. The molecular weight excluding hydrogens is 188 g/mol. The second-order valence-corrected chi connectivity index (χ2v) is 3.47. The van der Waals surface area contributed by atoms with Crippen LogP contribution < -0.4 is 5.73 Å². The van der Waals surface area contributed by atoms with Crippen LogP contribution in [0.1, 0.15) is 17.0 Å². The van der Waals surface area contributed by atoms with Gasteiger partial charge in [0.1, 0.15) is 0 Å². The minimum Gasteiger partial charge on any atom is -0.325 e. The normalized spacial score (nSPS) is 10.5. The largest absolute Gasteiger partial charge is 0.325 e. The number of aryl methyl sites for hydroxylation is 1.